The average Bonchev–Trinajstić information content (AvgIpc) is 2.17. The van der Waals surface area contributed by atoms with Crippen LogP contribution in [0.25, 0.3) is 0 Å². The van der Waals surface area contributed by atoms with Crippen LogP contribution < -0.4 is 11.3 Å². The van der Waals surface area contributed by atoms with Gasteiger partial charge in [-0.1, -0.05) is 0 Å². The number of nitrogens with one attached hydrogen (secondary N) is 1. The third-order valence-electron chi connectivity index (χ3n) is 2.24. The van der Waals surface area contributed by atoms with Gasteiger partial charge in [-0.2, -0.15) is 0 Å². The first-order chi connectivity index (χ1) is 6.61. The highest BCUT2D eigenvalue weighted by atomic mass is 16.5. The normalized spacial score (nSPS) is 12.9. The topological polar surface area (TPSA) is 67.6 Å². The van der Waals surface area contributed by atoms with Crippen molar-refractivity contribution in [1.82, 2.24) is 10.3 Å². The number of nitrogens with two attached hydrogens (primary N) is 1. The highest BCUT2D eigenvalue weighted by Crippen LogP contribution is 1.99. The van der Waals surface area contributed by atoms with E-state index >= 15 is 0 Å². The molecule has 0 aromatic carbocycles. The summed E-state index contributed by atoms with van der Waals surface area (Å²) in [5, 5.41) is 0. The van der Waals surface area contributed by atoms with Gasteiger partial charge >= 0.3 is 0 Å². The summed E-state index contributed by atoms with van der Waals surface area (Å²) >= 11 is 0. The Morgan fingerprint density at radius 1 is 1.64 bits per heavy atom. The highest BCUT2D eigenvalue weighted by Gasteiger charge is 2.08. The van der Waals surface area contributed by atoms with Gasteiger partial charge < -0.3 is 9.64 Å². The molecule has 1 unspecified atom stereocenters. The number of nitrogens with zero attached hydrogens (tertiary/aromatic N) is 1. The van der Waals surface area contributed by atoms with Crippen LogP contribution in [0.4, 0.5) is 0 Å². The summed E-state index contributed by atoms with van der Waals surface area (Å²) in [6, 6.07) is 0.376. The van der Waals surface area contributed by atoms with E-state index in [0.717, 1.165) is 13.0 Å². The van der Waals surface area contributed by atoms with Gasteiger partial charge in [-0.15, -0.1) is 0 Å². The second-order valence-corrected chi connectivity index (χ2v) is 3.46. The number of likely N-dealkylation sites (N-methyl/N-ethyl adjacent to an activating group) is 1. The summed E-state index contributed by atoms with van der Waals surface area (Å²) in [6.07, 6.45) is 1.29. The monoisotopic (exact) mass is 203 g/mol. The van der Waals surface area contributed by atoms with Crippen molar-refractivity contribution in [3.05, 3.63) is 0 Å². The highest BCUT2D eigenvalue weighted by molar-refractivity contribution is 5.75. The van der Waals surface area contributed by atoms with Crippen molar-refractivity contribution in [2.45, 2.75) is 25.8 Å². The number of hydrogen-bond donors (Lipinski definition) is 2. The second-order valence-electron chi connectivity index (χ2n) is 3.46. The molecule has 0 heterocycles. The average molecular weight is 203 g/mol. The number of amides is 1. The number of hydrazine groups is 1. The lowest BCUT2D eigenvalue weighted by Gasteiger charge is -2.23. The lowest BCUT2D eigenvalue weighted by atomic mass is 10.2. The molecular formula is C9H21N3O2. The van der Waals surface area contributed by atoms with Crippen LogP contribution in [0.5, 0.6) is 0 Å². The van der Waals surface area contributed by atoms with E-state index in [9.17, 15) is 4.79 Å². The maximum absolute atomic E-state index is 10.8. The third kappa shape index (κ3) is 5.90. The summed E-state index contributed by atoms with van der Waals surface area (Å²) in [5.74, 6) is 4.85. The van der Waals surface area contributed by atoms with Crippen LogP contribution in [0.2, 0.25) is 0 Å². The number of rotatable bonds is 7. The predicted molar refractivity (Wildman–Crippen MR) is 55.5 cm³/mol. The molecule has 3 N–H and O–H groups in total. The molecule has 0 aliphatic heterocycles. The Bertz CT molecular complexity index is 164. The number of methoxy groups -OCH3 is 1. The van der Waals surface area contributed by atoms with E-state index < -0.39 is 0 Å². The zero-order valence-corrected chi connectivity index (χ0v) is 9.25. The van der Waals surface area contributed by atoms with Crippen LogP contribution in [0.15, 0.2) is 0 Å². The number of carbonyl (C=O) groups is 1. The molecular weight excluding hydrogens is 182 g/mol. The molecule has 0 radical (unpaired) electrons. The molecule has 0 rings (SSSR count). The van der Waals surface area contributed by atoms with Gasteiger partial charge in [-0.3, -0.25) is 10.2 Å². The molecule has 0 aliphatic carbocycles. The molecule has 84 valence electrons. The summed E-state index contributed by atoms with van der Waals surface area (Å²) in [7, 11) is 3.70. The van der Waals surface area contributed by atoms with E-state index in [0.29, 0.717) is 19.1 Å². The third-order valence-corrected chi connectivity index (χ3v) is 2.24. The molecule has 0 saturated carbocycles. The van der Waals surface area contributed by atoms with Gasteiger partial charge in [-0.05, 0) is 26.9 Å². The molecule has 0 saturated heterocycles. The lowest BCUT2D eigenvalue weighted by Crippen LogP contribution is -2.35. The minimum atomic E-state index is -0.113. The largest absolute Gasteiger partial charge is 0.383 e. The van der Waals surface area contributed by atoms with Gasteiger partial charge in [0.15, 0.2) is 0 Å². The quantitative estimate of drug-likeness (QED) is 0.339. The Balaban J connectivity index is 3.52. The van der Waals surface area contributed by atoms with Crippen molar-refractivity contribution in [2.75, 3.05) is 27.3 Å². The minimum absolute atomic E-state index is 0.113. The van der Waals surface area contributed by atoms with E-state index in [2.05, 4.69) is 17.2 Å². The van der Waals surface area contributed by atoms with E-state index in [1.165, 1.54) is 0 Å². The van der Waals surface area contributed by atoms with Gasteiger partial charge in [0.2, 0.25) is 5.91 Å². The van der Waals surface area contributed by atoms with Gasteiger partial charge in [0.05, 0.1) is 6.61 Å². The minimum Gasteiger partial charge on any atom is -0.383 e. The predicted octanol–water partition coefficient (Wildman–Crippen LogP) is -0.277. The van der Waals surface area contributed by atoms with Gasteiger partial charge in [0, 0.05) is 19.6 Å². The lowest BCUT2D eigenvalue weighted by molar-refractivity contribution is -0.121. The fourth-order valence-corrected chi connectivity index (χ4v) is 1.15. The van der Waals surface area contributed by atoms with E-state index in [4.69, 9.17) is 10.6 Å². The Kier molecular flexibility index (Phi) is 7.37. The Hall–Kier alpha value is -0.650. The maximum atomic E-state index is 10.8. The zero-order valence-electron chi connectivity index (χ0n) is 9.25. The van der Waals surface area contributed by atoms with Crippen LogP contribution in [0.1, 0.15) is 19.8 Å². The van der Waals surface area contributed by atoms with Gasteiger partial charge in [-0.25, -0.2) is 5.84 Å². The molecule has 0 aromatic heterocycles. The van der Waals surface area contributed by atoms with Crippen molar-refractivity contribution in [3.8, 4) is 0 Å². The summed E-state index contributed by atoms with van der Waals surface area (Å²) in [5.41, 5.74) is 2.11. The summed E-state index contributed by atoms with van der Waals surface area (Å²) in [6.45, 7) is 3.67. The number of carbonyl (C=O) groups excluding carboxylic acids is 1. The van der Waals surface area contributed by atoms with E-state index in [1.807, 2.05) is 7.05 Å². The van der Waals surface area contributed by atoms with Crippen molar-refractivity contribution in [1.29, 1.82) is 0 Å². The standard InChI is InChI=1S/C9H21N3O2/c1-8(7-14-3)12(2)6-4-5-9(13)11-10/h8H,4-7,10H2,1-3H3,(H,11,13). The summed E-state index contributed by atoms with van der Waals surface area (Å²) < 4.78 is 5.03. The van der Waals surface area contributed by atoms with E-state index in [1.54, 1.807) is 7.11 Å². The fourth-order valence-electron chi connectivity index (χ4n) is 1.15. The SMILES string of the molecule is COCC(C)N(C)CCCC(=O)NN. The number of ether oxygens (including phenoxy) is 1. The molecule has 0 spiro atoms. The number of hydrogen-bond acceptors (Lipinski definition) is 4. The molecule has 1 amide bonds. The van der Waals surface area contributed by atoms with Crippen LogP contribution in [0.3, 0.4) is 0 Å². The first kappa shape index (κ1) is 13.4. The Morgan fingerprint density at radius 3 is 2.79 bits per heavy atom. The van der Waals surface area contributed by atoms with Crippen LogP contribution >= 0.6 is 0 Å². The second kappa shape index (κ2) is 7.73. The molecule has 0 fully saturated rings. The van der Waals surface area contributed by atoms with Gasteiger partial charge in [0.1, 0.15) is 0 Å². The van der Waals surface area contributed by atoms with Crippen molar-refractivity contribution >= 4 is 5.91 Å². The van der Waals surface area contributed by atoms with Crippen LogP contribution in [-0.2, 0) is 9.53 Å². The smallest absolute Gasteiger partial charge is 0.233 e. The maximum Gasteiger partial charge on any atom is 0.233 e. The first-order valence-corrected chi connectivity index (χ1v) is 4.80. The van der Waals surface area contributed by atoms with Crippen LogP contribution in [-0.4, -0.2) is 44.2 Å². The molecule has 0 aliphatic rings. The Morgan fingerprint density at radius 2 is 2.29 bits per heavy atom. The van der Waals surface area contributed by atoms with Crippen molar-refractivity contribution < 1.29 is 9.53 Å². The molecule has 5 heteroatoms. The molecule has 0 aromatic rings. The Labute approximate surface area is 85.6 Å². The molecule has 0 bridgehead atoms. The fraction of sp³-hybridized carbons (Fsp3) is 0.889. The van der Waals surface area contributed by atoms with E-state index in [-0.39, 0.29) is 5.91 Å². The zero-order chi connectivity index (χ0) is 11.0. The first-order valence-electron chi connectivity index (χ1n) is 4.80. The van der Waals surface area contributed by atoms with Crippen molar-refractivity contribution in [2.24, 2.45) is 5.84 Å². The molecule has 1 atom stereocenters. The molecule has 14 heavy (non-hydrogen) atoms. The van der Waals surface area contributed by atoms with Crippen molar-refractivity contribution in [3.63, 3.8) is 0 Å². The van der Waals surface area contributed by atoms with Gasteiger partial charge in [0.25, 0.3) is 0 Å². The molecule has 5 nitrogen and oxygen atoms in total. The van der Waals surface area contributed by atoms with Crippen LogP contribution in [0, 0.1) is 0 Å². The summed E-state index contributed by atoms with van der Waals surface area (Å²) in [4.78, 5) is 13.0.